The number of aromatic amines is 1. The molecule has 19 heavy (non-hydrogen) atoms. The van der Waals surface area contributed by atoms with E-state index in [0.29, 0.717) is 16.7 Å². The molecule has 0 spiro atoms. The van der Waals surface area contributed by atoms with Crippen LogP contribution < -0.4 is 5.56 Å². The number of fused-ring (bicyclic) bond motifs is 1. The minimum absolute atomic E-state index is 0.221. The van der Waals surface area contributed by atoms with Gasteiger partial charge in [-0.25, -0.2) is 4.68 Å². The van der Waals surface area contributed by atoms with Crippen LogP contribution in [0.15, 0.2) is 34.2 Å². The molecule has 0 fully saturated rings. The van der Waals surface area contributed by atoms with Gasteiger partial charge in [0.1, 0.15) is 11.2 Å². The third-order valence-electron chi connectivity index (χ3n) is 2.58. The van der Waals surface area contributed by atoms with Crippen molar-refractivity contribution >= 4 is 22.8 Å². The topological polar surface area (TPSA) is 89.3 Å². The summed E-state index contributed by atoms with van der Waals surface area (Å²) in [6.45, 7) is 1.62. The number of aromatic nitrogens is 6. The van der Waals surface area contributed by atoms with Crippen LogP contribution >= 0.6 is 11.8 Å². The Morgan fingerprint density at radius 2 is 2.11 bits per heavy atom. The van der Waals surface area contributed by atoms with Crippen LogP contribution in [-0.4, -0.2) is 30.2 Å². The fourth-order valence-corrected chi connectivity index (χ4v) is 2.28. The lowest BCUT2D eigenvalue weighted by molar-refractivity contribution is 0.715. The number of aryl methyl sites for hydroxylation is 1. The van der Waals surface area contributed by atoms with Crippen LogP contribution in [0.1, 0.15) is 5.69 Å². The Hall–Kier alpha value is -2.22. The zero-order chi connectivity index (χ0) is 13.2. The van der Waals surface area contributed by atoms with E-state index in [1.54, 1.807) is 11.6 Å². The van der Waals surface area contributed by atoms with Crippen molar-refractivity contribution in [3.05, 3.63) is 40.3 Å². The fourth-order valence-electron chi connectivity index (χ4n) is 1.58. The third kappa shape index (κ3) is 2.34. The number of nitrogens with one attached hydrogen (secondary N) is 1. The van der Waals surface area contributed by atoms with Crippen molar-refractivity contribution in [1.29, 1.82) is 0 Å². The molecule has 0 radical (unpaired) electrons. The number of hydrogen-bond acceptors (Lipinski definition) is 6. The van der Waals surface area contributed by atoms with Crippen LogP contribution in [0, 0.1) is 6.92 Å². The molecule has 0 aliphatic heterocycles. The van der Waals surface area contributed by atoms with Gasteiger partial charge in [0.15, 0.2) is 5.16 Å². The minimum atomic E-state index is -0.221. The van der Waals surface area contributed by atoms with E-state index in [1.807, 2.05) is 24.3 Å². The summed E-state index contributed by atoms with van der Waals surface area (Å²) in [7, 11) is 0. The predicted molar refractivity (Wildman–Crippen MR) is 70.8 cm³/mol. The molecular weight excluding hydrogens is 264 g/mol. The largest absolute Gasteiger partial charge is 0.298 e. The smallest absolute Gasteiger partial charge is 0.273 e. The Morgan fingerprint density at radius 1 is 1.26 bits per heavy atom. The number of hydrogen-bond donors (Lipinski definition) is 1. The first-order chi connectivity index (χ1) is 9.24. The highest BCUT2D eigenvalue weighted by atomic mass is 32.2. The number of H-pyrrole nitrogens is 1. The molecule has 0 saturated carbocycles. The second-order valence-electron chi connectivity index (χ2n) is 3.90. The lowest BCUT2D eigenvalue weighted by Gasteiger charge is -2.01. The lowest BCUT2D eigenvalue weighted by Crippen LogP contribution is -2.14. The van der Waals surface area contributed by atoms with Gasteiger partial charge in [0, 0.05) is 0 Å². The molecule has 7 nitrogen and oxygen atoms in total. The summed E-state index contributed by atoms with van der Waals surface area (Å²) in [5, 5.41) is 16.3. The lowest BCUT2D eigenvalue weighted by atomic mass is 10.3. The summed E-state index contributed by atoms with van der Waals surface area (Å²) in [5.74, 6) is 0.508. The van der Waals surface area contributed by atoms with Crippen LogP contribution in [-0.2, 0) is 5.88 Å². The average Bonchev–Trinajstić information content (AvgIpc) is 2.83. The van der Waals surface area contributed by atoms with E-state index in [2.05, 4.69) is 25.5 Å². The standard InChI is InChI=1S/C11H10N6OS/c1-7-10(18)12-11(15-13-7)19-6-17-9-5-3-2-4-8(9)14-16-17/h2-5H,6H2,1H3,(H,12,15,18). The Labute approximate surface area is 112 Å². The molecule has 3 rings (SSSR count). The SMILES string of the molecule is Cc1nnc(SCn2nnc3ccccc32)[nH]c1=O. The molecule has 1 aromatic carbocycles. The van der Waals surface area contributed by atoms with Gasteiger partial charge in [0.05, 0.1) is 11.4 Å². The maximum atomic E-state index is 11.4. The average molecular weight is 274 g/mol. The van der Waals surface area contributed by atoms with Crippen molar-refractivity contribution in [3.63, 3.8) is 0 Å². The normalized spacial score (nSPS) is 11.0. The molecule has 0 aliphatic rings. The minimum Gasteiger partial charge on any atom is -0.298 e. The Balaban J connectivity index is 1.82. The van der Waals surface area contributed by atoms with Gasteiger partial charge < -0.3 is 0 Å². The third-order valence-corrected chi connectivity index (χ3v) is 3.41. The quantitative estimate of drug-likeness (QED) is 0.716. The summed E-state index contributed by atoms with van der Waals surface area (Å²) in [6, 6.07) is 7.69. The second kappa shape index (κ2) is 4.81. The molecule has 0 bridgehead atoms. The van der Waals surface area contributed by atoms with Gasteiger partial charge in [-0.05, 0) is 19.1 Å². The maximum Gasteiger partial charge on any atom is 0.273 e. The molecule has 2 aromatic heterocycles. The summed E-state index contributed by atoms with van der Waals surface area (Å²) in [5.41, 5.74) is 1.92. The molecule has 2 heterocycles. The molecule has 3 aromatic rings. The number of para-hydroxylation sites is 1. The van der Waals surface area contributed by atoms with E-state index in [1.165, 1.54) is 11.8 Å². The summed E-state index contributed by atoms with van der Waals surface area (Å²) >= 11 is 1.35. The van der Waals surface area contributed by atoms with Gasteiger partial charge in [0.2, 0.25) is 0 Å². The molecule has 0 saturated heterocycles. The number of nitrogens with zero attached hydrogens (tertiary/aromatic N) is 5. The van der Waals surface area contributed by atoms with Crippen molar-refractivity contribution in [2.24, 2.45) is 0 Å². The first-order valence-electron chi connectivity index (χ1n) is 5.58. The van der Waals surface area contributed by atoms with E-state index in [9.17, 15) is 4.79 Å². The second-order valence-corrected chi connectivity index (χ2v) is 4.83. The molecule has 1 N–H and O–H groups in total. The highest BCUT2D eigenvalue weighted by Gasteiger charge is 2.05. The van der Waals surface area contributed by atoms with Gasteiger partial charge in [-0.2, -0.15) is 0 Å². The van der Waals surface area contributed by atoms with Gasteiger partial charge >= 0.3 is 0 Å². The van der Waals surface area contributed by atoms with Crippen LogP contribution in [0.25, 0.3) is 11.0 Å². The van der Waals surface area contributed by atoms with Crippen LogP contribution in [0.5, 0.6) is 0 Å². The summed E-state index contributed by atoms with van der Waals surface area (Å²) in [4.78, 5) is 14.1. The van der Waals surface area contributed by atoms with Crippen molar-refractivity contribution in [1.82, 2.24) is 30.2 Å². The number of rotatable bonds is 3. The zero-order valence-electron chi connectivity index (χ0n) is 10.1. The molecule has 0 aliphatic carbocycles. The molecular formula is C11H10N6OS. The molecule has 8 heteroatoms. The first-order valence-corrected chi connectivity index (χ1v) is 6.57. The number of thioether (sulfide) groups is 1. The predicted octanol–water partition coefficient (Wildman–Crippen LogP) is 0.968. The molecule has 0 unspecified atom stereocenters. The van der Waals surface area contributed by atoms with Crippen molar-refractivity contribution in [2.75, 3.05) is 0 Å². The monoisotopic (exact) mass is 274 g/mol. The zero-order valence-corrected chi connectivity index (χ0v) is 10.9. The maximum absolute atomic E-state index is 11.4. The van der Waals surface area contributed by atoms with Crippen LogP contribution in [0.3, 0.4) is 0 Å². The number of benzene rings is 1. The Kier molecular flexibility index (Phi) is 3.00. The van der Waals surface area contributed by atoms with E-state index in [4.69, 9.17) is 0 Å². The Bertz CT molecular complexity index is 780. The van der Waals surface area contributed by atoms with Gasteiger partial charge in [0.25, 0.3) is 5.56 Å². The highest BCUT2D eigenvalue weighted by molar-refractivity contribution is 7.98. The summed E-state index contributed by atoms with van der Waals surface area (Å²) in [6.07, 6.45) is 0. The van der Waals surface area contributed by atoms with Crippen LogP contribution in [0.2, 0.25) is 0 Å². The van der Waals surface area contributed by atoms with Crippen LogP contribution in [0.4, 0.5) is 0 Å². The van der Waals surface area contributed by atoms with E-state index in [-0.39, 0.29) is 5.56 Å². The van der Waals surface area contributed by atoms with Gasteiger partial charge in [-0.1, -0.05) is 29.1 Å². The van der Waals surface area contributed by atoms with Crippen molar-refractivity contribution in [3.8, 4) is 0 Å². The van der Waals surface area contributed by atoms with Crippen molar-refractivity contribution < 1.29 is 0 Å². The van der Waals surface area contributed by atoms with E-state index in [0.717, 1.165) is 11.0 Å². The molecule has 96 valence electrons. The first kappa shape index (κ1) is 11.8. The van der Waals surface area contributed by atoms with Gasteiger partial charge in [-0.15, -0.1) is 15.3 Å². The molecule has 0 atom stereocenters. The Morgan fingerprint density at radius 3 is 2.95 bits per heavy atom. The summed E-state index contributed by atoms with van der Waals surface area (Å²) < 4.78 is 1.75. The molecule has 0 amide bonds. The van der Waals surface area contributed by atoms with E-state index < -0.39 is 0 Å². The van der Waals surface area contributed by atoms with Gasteiger partial charge in [-0.3, -0.25) is 9.78 Å². The van der Waals surface area contributed by atoms with Crippen molar-refractivity contribution in [2.45, 2.75) is 18.0 Å². The fraction of sp³-hybridized carbons (Fsp3) is 0.182. The van der Waals surface area contributed by atoms with E-state index >= 15 is 0 Å². The highest BCUT2D eigenvalue weighted by Crippen LogP contribution is 2.16.